The lowest BCUT2D eigenvalue weighted by atomic mass is 9.96. The second-order valence-electron chi connectivity index (χ2n) is 7.49. The third-order valence-corrected chi connectivity index (χ3v) is 6.12. The third kappa shape index (κ3) is 3.79. The summed E-state index contributed by atoms with van der Waals surface area (Å²) in [5.74, 6) is -0.271. The standard InChI is InChI=1S/C26H21FN4S/c1-32-26-30-24(17-9-11-19(27)12-10-17)25(31-26)18-13-14-29-22(15-18)23(28)21-8-4-6-16-5-2-3-7-20(16)21/h2-15,23H,28H2,1H3,(H,30,31). The van der Waals surface area contributed by atoms with Crippen LogP contribution < -0.4 is 5.73 Å². The molecule has 0 saturated carbocycles. The monoisotopic (exact) mass is 440 g/mol. The second-order valence-corrected chi connectivity index (χ2v) is 8.29. The number of H-pyrrole nitrogens is 1. The van der Waals surface area contributed by atoms with Gasteiger partial charge in [0.15, 0.2) is 5.16 Å². The summed E-state index contributed by atoms with van der Waals surface area (Å²) in [5.41, 5.74) is 11.9. The number of halogens is 1. The SMILES string of the molecule is CSc1nc(-c2ccnc(C(N)c3cccc4ccccc34)c2)c(-c2ccc(F)cc2)[nH]1. The molecule has 3 aromatic carbocycles. The first kappa shape index (κ1) is 20.4. The molecule has 0 spiro atoms. The van der Waals surface area contributed by atoms with Gasteiger partial charge in [-0.05, 0) is 59.0 Å². The van der Waals surface area contributed by atoms with Gasteiger partial charge in [-0.3, -0.25) is 4.98 Å². The van der Waals surface area contributed by atoms with Crippen molar-refractivity contribution in [3.05, 3.63) is 102 Å². The van der Waals surface area contributed by atoms with E-state index in [2.05, 4.69) is 28.2 Å². The minimum Gasteiger partial charge on any atom is -0.332 e. The molecule has 0 radical (unpaired) electrons. The van der Waals surface area contributed by atoms with Crippen molar-refractivity contribution in [1.29, 1.82) is 0 Å². The van der Waals surface area contributed by atoms with Crippen molar-refractivity contribution in [1.82, 2.24) is 15.0 Å². The Labute approximate surface area is 189 Å². The Morgan fingerprint density at radius 2 is 1.72 bits per heavy atom. The fourth-order valence-electron chi connectivity index (χ4n) is 3.93. The number of hydrogen-bond acceptors (Lipinski definition) is 4. The summed E-state index contributed by atoms with van der Waals surface area (Å²) < 4.78 is 13.5. The molecule has 1 atom stereocenters. The molecule has 3 N–H and O–H groups in total. The highest BCUT2D eigenvalue weighted by Gasteiger charge is 2.18. The number of nitrogens with two attached hydrogens (primary N) is 1. The fourth-order valence-corrected chi connectivity index (χ4v) is 4.32. The van der Waals surface area contributed by atoms with Gasteiger partial charge in [0.05, 0.1) is 23.1 Å². The first-order chi connectivity index (χ1) is 15.6. The number of thioether (sulfide) groups is 1. The molecule has 0 aliphatic heterocycles. The predicted octanol–water partition coefficient (Wildman–Crippen LogP) is 6.20. The smallest absolute Gasteiger partial charge is 0.166 e. The van der Waals surface area contributed by atoms with E-state index in [9.17, 15) is 4.39 Å². The highest BCUT2D eigenvalue weighted by atomic mass is 32.2. The Morgan fingerprint density at radius 1 is 0.938 bits per heavy atom. The molecule has 32 heavy (non-hydrogen) atoms. The largest absolute Gasteiger partial charge is 0.332 e. The van der Waals surface area contributed by atoms with Crippen molar-refractivity contribution in [2.24, 2.45) is 5.73 Å². The summed E-state index contributed by atoms with van der Waals surface area (Å²) in [5, 5.41) is 3.05. The number of pyridine rings is 1. The molecule has 158 valence electrons. The van der Waals surface area contributed by atoms with Crippen LogP contribution in [0.15, 0.2) is 90.2 Å². The van der Waals surface area contributed by atoms with E-state index in [1.807, 2.05) is 42.7 Å². The molecular formula is C26H21FN4S. The first-order valence-corrected chi connectivity index (χ1v) is 11.5. The average Bonchev–Trinajstić information content (AvgIpc) is 3.28. The third-order valence-electron chi connectivity index (χ3n) is 5.54. The Morgan fingerprint density at radius 3 is 2.53 bits per heavy atom. The fraction of sp³-hybridized carbons (Fsp3) is 0.0769. The van der Waals surface area contributed by atoms with Gasteiger partial charge in [0.25, 0.3) is 0 Å². The molecule has 5 aromatic rings. The first-order valence-electron chi connectivity index (χ1n) is 10.2. The maximum Gasteiger partial charge on any atom is 0.166 e. The van der Waals surface area contributed by atoms with E-state index in [0.717, 1.165) is 49.7 Å². The van der Waals surface area contributed by atoms with Crippen molar-refractivity contribution in [2.75, 3.05) is 6.26 Å². The number of nitrogens with one attached hydrogen (secondary N) is 1. The van der Waals surface area contributed by atoms with E-state index < -0.39 is 0 Å². The molecule has 4 nitrogen and oxygen atoms in total. The summed E-state index contributed by atoms with van der Waals surface area (Å²) in [6.07, 6.45) is 3.73. The maximum atomic E-state index is 13.5. The number of nitrogens with zero attached hydrogens (tertiary/aromatic N) is 2. The van der Waals surface area contributed by atoms with E-state index in [0.29, 0.717) is 0 Å². The summed E-state index contributed by atoms with van der Waals surface area (Å²) in [4.78, 5) is 12.7. The van der Waals surface area contributed by atoms with Gasteiger partial charge in [-0.15, -0.1) is 0 Å². The Bertz CT molecular complexity index is 1390. The quantitative estimate of drug-likeness (QED) is 0.319. The molecular weight excluding hydrogens is 419 g/mol. The second kappa shape index (κ2) is 8.57. The molecule has 0 fully saturated rings. The Balaban J connectivity index is 1.59. The van der Waals surface area contributed by atoms with Gasteiger partial charge >= 0.3 is 0 Å². The van der Waals surface area contributed by atoms with Crippen LogP contribution in [-0.4, -0.2) is 21.2 Å². The van der Waals surface area contributed by atoms with Gasteiger partial charge in [0.1, 0.15) is 5.82 Å². The van der Waals surface area contributed by atoms with Gasteiger partial charge < -0.3 is 10.7 Å². The van der Waals surface area contributed by atoms with Crippen LogP contribution >= 0.6 is 11.8 Å². The highest BCUT2D eigenvalue weighted by molar-refractivity contribution is 7.98. The minimum atomic E-state index is -0.380. The maximum absolute atomic E-state index is 13.5. The number of benzene rings is 3. The number of hydrogen-bond donors (Lipinski definition) is 2. The van der Waals surface area contributed by atoms with Crippen molar-refractivity contribution < 1.29 is 4.39 Å². The van der Waals surface area contributed by atoms with Crippen LogP contribution in [0.25, 0.3) is 33.3 Å². The Hall–Kier alpha value is -3.48. The summed E-state index contributed by atoms with van der Waals surface area (Å²) in [6, 6.07) is 24.3. The van der Waals surface area contributed by atoms with Crippen LogP contribution in [0.3, 0.4) is 0 Å². The van der Waals surface area contributed by atoms with E-state index in [1.54, 1.807) is 18.3 Å². The van der Waals surface area contributed by atoms with Crippen LogP contribution in [0.2, 0.25) is 0 Å². The highest BCUT2D eigenvalue weighted by Crippen LogP contribution is 2.34. The molecule has 1 unspecified atom stereocenters. The number of rotatable bonds is 5. The van der Waals surface area contributed by atoms with Gasteiger partial charge in [-0.2, -0.15) is 0 Å². The van der Waals surface area contributed by atoms with E-state index in [4.69, 9.17) is 10.7 Å². The summed E-state index contributed by atoms with van der Waals surface area (Å²) >= 11 is 1.52. The van der Waals surface area contributed by atoms with Crippen molar-refractivity contribution in [3.63, 3.8) is 0 Å². The Kier molecular flexibility index (Phi) is 5.47. The average molecular weight is 441 g/mol. The lowest BCUT2D eigenvalue weighted by molar-refractivity contribution is 0.628. The van der Waals surface area contributed by atoms with Crippen LogP contribution in [-0.2, 0) is 0 Å². The van der Waals surface area contributed by atoms with Crippen molar-refractivity contribution >= 4 is 22.5 Å². The zero-order valence-corrected chi connectivity index (χ0v) is 18.2. The van der Waals surface area contributed by atoms with Gasteiger partial charge in [0.2, 0.25) is 0 Å². The van der Waals surface area contributed by atoms with Crippen LogP contribution in [0.5, 0.6) is 0 Å². The predicted molar refractivity (Wildman–Crippen MR) is 129 cm³/mol. The zero-order valence-electron chi connectivity index (χ0n) is 17.4. The molecule has 6 heteroatoms. The number of fused-ring (bicyclic) bond motifs is 1. The summed E-state index contributed by atoms with van der Waals surface area (Å²) in [7, 11) is 0. The molecule has 0 bridgehead atoms. The zero-order chi connectivity index (χ0) is 22.1. The molecule has 0 aliphatic carbocycles. The lowest BCUT2D eigenvalue weighted by Crippen LogP contribution is -2.14. The molecule has 0 saturated heterocycles. The molecule has 0 aliphatic rings. The molecule has 2 aromatic heterocycles. The van der Waals surface area contributed by atoms with Crippen LogP contribution in [0.1, 0.15) is 17.3 Å². The van der Waals surface area contributed by atoms with E-state index in [-0.39, 0.29) is 11.9 Å². The van der Waals surface area contributed by atoms with E-state index in [1.165, 1.54) is 23.9 Å². The number of aromatic amines is 1. The number of imidazole rings is 1. The molecule has 0 amide bonds. The van der Waals surface area contributed by atoms with Gasteiger partial charge in [-0.1, -0.05) is 54.2 Å². The molecule has 2 heterocycles. The van der Waals surface area contributed by atoms with Gasteiger partial charge in [0, 0.05) is 17.3 Å². The van der Waals surface area contributed by atoms with Crippen molar-refractivity contribution in [2.45, 2.75) is 11.2 Å². The summed E-state index contributed by atoms with van der Waals surface area (Å²) in [6.45, 7) is 0. The topological polar surface area (TPSA) is 67.6 Å². The van der Waals surface area contributed by atoms with Crippen molar-refractivity contribution in [3.8, 4) is 22.5 Å². The normalized spacial score (nSPS) is 12.2. The van der Waals surface area contributed by atoms with Gasteiger partial charge in [-0.25, -0.2) is 9.37 Å². The van der Waals surface area contributed by atoms with E-state index >= 15 is 0 Å². The van der Waals surface area contributed by atoms with Crippen LogP contribution in [0.4, 0.5) is 4.39 Å². The molecule has 5 rings (SSSR count). The lowest BCUT2D eigenvalue weighted by Gasteiger charge is -2.15. The minimum absolute atomic E-state index is 0.271. The van der Waals surface area contributed by atoms with Crippen LogP contribution in [0, 0.1) is 5.82 Å². The number of aromatic nitrogens is 3.